The molecule has 0 radical (unpaired) electrons. The molecular formula is C15H12O6. The predicted molar refractivity (Wildman–Crippen MR) is 70.4 cm³/mol. The molecule has 21 heavy (non-hydrogen) atoms. The zero-order chi connectivity index (χ0) is 15.0. The normalized spacial score (nSPS) is 17.4. The minimum atomic E-state index is -0.719. The van der Waals surface area contributed by atoms with E-state index in [0.29, 0.717) is 12.2 Å². The van der Waals surface area contributed by atoms with Crippen molar-refractivity contribution >= 4 is 11.8 Å². The number of furan rings is 1. The Morgan fingerprint density at radius 1 is 1.33 bits per heavy atom. The predicted octanol–water partition coefficient (Wildman–Crippen LogP) is 1.93. The number of ether oxygens (including phenoxy) is 1. The van der Waals surface area contributed by atoms with Gasteiger partial charge in [0.15, 0.2) is 5.78 Å². The van der Waals surface area contributed by atoms with E-state index in [1.165, 1.54) is 13.4 Å². The van der Waals surface area contributed by atoms with E-state index in [1.54, 1.807) is 12.1 Å². The zero-order valence-electron chi connectivity index (χ0n) is 11.3. The second kappa shape index (κ2) is 5.05. The first-order valence-corrected chi connectivity index (χ1v) is 6.42. The van der Waals surface area contributed by atoms with Gasteiger partial charge in [-0.05, 0) is 12.1 Å². The van der Waals surface area contributed by atoms with Crippen LogP contribution in [0.25, 0.3) is 0 Å². The van der Waals surface area contributed by atoms with Crippen molar-refractivity contribution in [3.63, 3.8) is 0 Å². The van der Waals surface area contributed by atoms with Gasteiger partial charge in [-0.25, -0.2) is 9.59 Å². The third kappa shape index (κ3) is 2.29. The second-order valence-electron chi connectivity index (χ2n) is 4.81. The number of rotatable bonds is 2. The maximum absolute atomic E-state index is 12.3. The van der Waals surface area contributed by atoms with Crippen molar-refractivity contribution in [2.24, 2.45) is 0 Å². The molecule has 6 nitrogen and oxygen atoms in total. The molecule has 1 unspecified atom stereocenters. The summed E-state index contributed by atoms with van der Waals surface area (Å²) in [6.07, 6.45) is 2.04. The molecule has 1 atom stereocenters. The van der Waals surface area contributed by atoms with Crippen LogP contribution in [0, 0.1) is 0 Å². The molecule has 0 aliphatic heterocycles. The van der Waals surface area contributed by atoms with Crippen molar-refractivity contribution in [2.75, 3.05) is 7.11 Å². The van der Waals surface area contributed by atoms with Crippen LogP contribution < -0.4 is 5.63 Å². The largest absolute Gasteiger partial charge is 0.469 e. The maximum atomic E-state index is 12.3. The highest BCUT2D eigenvalue weighted by atomic mass is 16.5. The lowest BCUT2D eigenvalue weighted by molar-refractivity contribution is 0.0593. The van der Waals surface area contributed by atoms with Gasteiger partial charge in [-0.15, -0.1) is 0 Å². The fraction of sp³-hybridized carbons (Fsp3) is 0.267. The number of methoxy groups -OCH3 is 1. The number of Topliss-reactive ketones (excluding diaryl/α,β-unsaturated/α-hetero) is 1. The number of esters is 1. The lowest BCUT2D eigenvalue weighted by atomic mass is 9.83. The van der Waals surface area contributed by atoms with Gasteiger partial charge in [0.05, 0.1) is 24.5 Å². The van der Waals surface area contributed by atoms with Gasteiger partial charge in [-0.1, -0.05) is 0 Å². The third-order valence-electron chi connectivity index (χ3n) is 3.53. The van der Waals surface area contributed by atoms with Gasteiger partial charge >= 0.3 is 11.6 Å². The van der Waals surface area contributed by atoms with Crippen LogP contribution >= 0.6 is 0 Å². The summed E-state index contributed by atoms with van der Waals surface area (Å²) >= 11 is 0. The summed E-state index contributed by atoms with van der Waals surface area (Å²) in [7, 11) is 1.20. The molecule has 0 fully saturated rings. The molecule has 0 N–H and O–H groups in total. The highest BCUT2D eigenvalue weighted by molar-refractivity contribution is 6.07. The number of carbonyl (C=O) groups excluding carboxylic acids is 2. The average molecular weight is 288 g/mol. The Bertz CT molecular complexity index is 753. The van der Waals surface area contributed by atoms with Gasteiger partial charge in [-0.2, -0.15) is 0 Å². The van der Waals surface area contributed by atoms with Crippen LogP contribution in [0.2, 0.25) is 0 Å². The quantitative estimate of drug-likeness (QED) is 0.785. The fourth-order valence-electron chi connectivity index (χ4n) is 2.61. The minimum Gasteiger partial charge on any atom is -0.469 e. The van der Waals surface area contributed by atoms with Gasteiger partial charge in [-0.3, -0.25) is 4.79 Å². The number of hydrogen-bond acceptors (Lipinski definition) is 6. The van der Waals surface area contributed by atoms with E-state index >= 15 is 0 Å². The van der Waals surface area contributed by atoms with Crippen molar-refractivity contribution in [2.45, 2.75) is 18.8 Å². The van der Waals surface area contributed by atoms with Gasteiger partial charge < -0.3 is 13.6 Å². The summed E-state index contributed by atoms with van der Waals surface area (Å²) in [6.45, 7) is 0. The zero-order valence-corrected chi connectivity index (χ0v) is 11.3. The average Bonchev–Trinajstić information content (AvgIpc) is 2.99. The first-order chi connectivity index (χ1) is 10.1. The molecule has 0 saturated carbocycles. The SMILES string of the molecule is COC(=O)c1cc(=O)oc2c1C(=O)CC(c1ccco1)C2. The van der Waals surface area contributed by atoms with Gasteiger partial charge in [0, 0.05) is 24.8 Å². The van der Waals surface area contributed by atoms with Crippen LogP contribution in [-0.4, -0.2) is 18.9 Å². The van der Waals surface area contributed by atoms with Crippen molar-refractivity contribution in [3.05, 3.63) is 57.5 Å². The van der Waals surface area contributed by atoms with E-state index in [0.717, 1.165) is 6.07 Å². The summed E-state index contributed by atoms with van der Waals surface area (Å²) < 4.78 is 15.0. The Balaban J connectivity index is 2.09. The van der Waals surface area contributed by atoms with Crippen LogP contribution in [0.4, 0.5) is 0 Å². The van der Waals surface area contributed by atoms with Gasteiger partial charge in [0.2, 0.25) is 0 Å². The molecule has 6 heteroatoms. The summed E-state index contributed by atoms with van der Waals surface area (Å²) in [5, 5.41) is 0. The van der Waals surface area contributed by atoms with E-state index in [2.05, 4.69) is 4.74 Å². The third-order valence-corrected chi connectivity index (χ3v) is 3.53. The highest BCUT2D eigenvalue weighted by Crippen LogP contribution is 2.33. The Labute approximate surface area is 119 Å². The molecule has 2 aromatic rings. The number of carbonyl (C=O) groups is 2. The van der Waals surface area contributed by atoms with E-state index in [1.807, 2.05) is 0 Å². The van der Waals surface area contributed by atoms with Crippen molar-refractivity contribution < 1.29 is 23.2 Å². The van der Waals surface area contributed by atoms with Crippen LogP contribution in [-0.2, 0) is 11.2 Å². The summed E-state index contributed by atoms with van der Waals surface area (Å²) in [5.41, 5.74) is -0.571. The number of hydrogen-bond donors (Lipinski definition) is 0. The molecule has 0 bridgehead atoms. The summed E-state index contributed by atoms with van der Waals surface area (Å²) in [6, 6.07) is 4.50. The molecule has 1 aliphatic rings. The minimum absolute atomic E-state index is 0.0355. The fourth-order valence-corrected chi connectivity index (χ4v) is 2.61. The van der Waals surface area contributed by atoms with Crippen LogP contribution in [0.1, 0.15) is 44.6 Å². The van der Waals surface area contributed by atoms with Crippen molar-refractivity contribution in [1.82, 2.24) is 0 Å². The standard InChI is InChI=1S/C15H12O6/c1-19-15(18)9-7-13(17)21-12-6-8(5-10(16)14(9)12)11-3-2-4-20-11/h2-4,7-8H,5-6H2,1H3. The summed E-state index contributed by atoms with van der Waals surface area (Å²) in [5.74, 6) is -0.317. The Morgan fingerprint density at radius 3 is 2.81 bits per heavy atom. The Hall–Kier alpha value is -2.63. The van der Waals surface area contributed by atoms with E-state index in [4.69, 9.17) is 8.83 Å². The van der Waals surface area contributed by atoms with Crippen LogP contribution in [0.5, 0.6) is 0 Å². The molecule has 0 spiro atoms. The molecule has 1 aliphatic carbocycles. The van der Waals surface area contributed by atoms with E-state index in [-0.39, 0.29) is 35.0 Å². The Morgan fingerprint density at radius 2 is 2.14 bits per heavy atom. The number of ketones is 1. The molecule has 3 rings (SSSR count). The highest BCUT2D eigenvalue weighted by Gasteiger charge is 2.34. The van der Waals surface area contributed by atoms with Crippen molar-refractivity contribution in [1.29, 1.82) is 0 Å². The second-order valence-corrected chi connectivity index (χ2v) is 4.81. The molecule has 0 saturated heterocycles. The smallest absolute Gasteiger partial charge is 0.338 e. The maximum Gasteiger partial charge on any atom is 0.338 e. The van der Waals surface area contributed by atoms with Crippen LogP contribution in [0.3, 0.4) is 0 Å². The van der Waals surface area contributed by atoms with E-state index < -0.39 is 11.6 Å². The van der Waals surface area contributed by atoms with Gasteiger partial charge in [0.25, 0.3) is 0 Å². The van der Waals surface area contributed by atoms with Crippen molar-refractivity contribution in [3.8, 4) is 0 Å². The number of fused-ring (bicyclic) bond motifs is 1. The molecule has 2 aromatic heterocycles. The Kier molecular flexibility index (Phi) is 3.21. The first-order valence-electron chi connectivity index (χ1n) is 6.42. The molecular weight excluding hydrogens is 276 g/mol. The molecule has 108 valence electrons. The van der Waals surface area contributed by atoms with E-state index in [9.17, 15) is 14.4 Å². The lowest BCUT2D eigenvalue weighted by Crippen LogP contribution is -2.24. The monoisotopic (exact) mass is 288 g/mol. The molecule has 0 amide bonds. The molecule has 2 heterocycles. The summed E-state index contributed by atoms with van der Waals surface area (Å²) in [4.78, 5) is 35.6. The molecule has 0 aromatic carbocycles. The lowest BCUT2D eigenvalue weighted by Gasteiger charge is -2.21. The van der Waals surface area contributed by atoms with Crippen LogP contribution in [0.15, 0.2) is 38.1 Å². The first kappa shape index (κ1) is 13.4. The topological polar surface area (TPSA) is 86.7 Å². The van der Waals surface area contributed by atoms with Gasteiger partial charge in [0.1, 0.15) is 11.5 Å².